The maximum atomic E-state index is 14.3. The van der Waals surface area contributed by atoms with Crippen LogP contribution in [-0.2, 0) is 52.5 Å². The molecule has 1 aromatic heterocycles. The van der Waals surface area contributed by atoms with Crippen LogP contribution >= 0.6 is 84.6 Å². The zero-order valence-corrected chi connectivity index (χ0v) is 58.3. The number of thiocarbonyl (C=S) groups is 5. The molecule has 0 radical (unpaired) electrons. The molecule has 0 spiro atoms. The Balaban J connectivity index is 2.26. The monoisotopic (exact) mass is 1350 g/mol. The van der Waals surface area contributed by atoms with Gasteiger partial charge < -0.3 is 74.0 Å². The molecule has 2 rings (SSSR count). The van der Waals surface area contributed by atoms with Crippen LogP contribution in [0.4, 0.5) is 0 Å². The molecular formula is C56H93N14O10S7+. The van der Waals surface area contributed by atoms with Crippen LogP contribution < -0.4 is 68.4 Å². The maximum Gasteiger partial charge on any atom is 0.252 e. The SMILES string of the molecule is CCC(C)[C@@H]1NC(=O)C(NC(=O)C(C)NC(=S)C(C)NC(=S)C(C)NC(=S)C(C)NC(=S)[C@H](CCSC)NC(=S)[C@@H](NC(=O)C(C)(O)CC(C)=O)C(C)C)CS/C=C\NC(=O)C(C(O)c2c[n+](C)cn2C)NC(=O)[C@H](CC(C)C)NC(=O)C(C)NC1=O. The van der Waals surface area contributed by atoms with Crippen LogP contribution in [-0.4, -0.2) is 177 Å². The highest BCUT2D eigenvalue weighted by Crippen LogP contribution is 2.19. The average molecular weight is 1350 g/mol. The van der Waals surface area contributed by atoms with Crippen molar-refractivity contribution in [3.63, 3.8) is 0 Å². The largest absolute Gasteiger partial charge is 0.382 e. The maximum absolute atomic E-state index is 14.3. The van der Waals surface area contributed by atoms with E-state index in [9.17, 15) is 48.6 Å². The van der Waals surface area contributed by atoms with Gasteiger partial charge in [-0.1, -0.05) is 109 Å². The Bertz CT molecular complexity index is 2680. The Morgan fingerprint density at radius 3 is 1.83 bits per heavy atom. The van der Waals surface area contributed by atoms with Gasteiger partial charge in [0.25, 0.3) is 5.91 Å². The summed E-state index contributed by atoms with van der Waals surface area (Å²) < 4.78 is 3.26. The van der Waals surface area contributed by atoms with Gasteiger partial charge in [-0.2, -0.15) is 11.8 Å². The molecule has 14 N–H and O–H groups in total. The lowest BCUT2D eigenvalue weighted by molar-refractivity contribution is -0.671. The number of hydrogen-bond donors (Lipinski definition) is 14. The third kappa shape index (κ3) is 25.8. The minimum absolute atomic E-state index is 0.104. The van der Waals surface area contributed by atoms with Crippen LogP contribution in [0.15, 0.2) is 24.1 Å². The van der Waals surface area contributed by atoms with E-state index in [2.05, 4.69) is 63.8 Å². The molecule has 0 aromatic carbocycles. The number of ketones is 1. The van der Waals surface area contributed by atoms with Crippen LogP contribution in [0.25, 0.3) is 0 Å². The molecule has 7 amide bonds. The van der Waals surface area contributed by atoms with Gasteiger partial charge >= 0.3 is 0 Å². The Hall–Kier alpha value is -5.02. The Morgan fingerprint density at radius 2 is 1.32 bits per heavy atom. The minimum atomic E-state index is -1.92. The lowest BCUT2D eigenvalue weighted by Gasteiger charge is -2.32. The van der Waals surface area contributed by atoms with E-state index in [0.29, 0.717) is 38.5 Å². The van der Waals surface area contributed by atoms with Crippen LogP contribution in [0.3, 0.4) is 0 Å². The van der Waals surface area contributed by atoms with Gasteiger partial charge in [-0.3, -0.25) is 38.4 Å². The molecule has 87 heavy (non-hydrogen) atoms. The highest BCUT2D eigenvalue weighted by Gasteiger charge is 2.39. The molecule has 488 valence electrons. The first-order chi connectivity index (χ1) is 40.5. The molecule has 1 aliphatic heterocycles. The number of hydrogen-bond acceptors (Lipinski definition) is 17. The highest BCUT2D eigenvalue weighted by atomic mass is 32.2. The quantitative estimate of drug-likeness (QED) is 0.0452. The topological polar surface area (TPSA) is 330 Å². The molecule has 31 heteroatoms. The Kier molecular flexibility index (Phi) is 33.4. The predicted molar refractivity (Wildman–Crippen MR) is 362 cm³/mol. The molecule has 0 saturated heterocycles. The molecule has 0 fully saturated rings. The second kappa shape index (κ2) is 37.2. The van der Waals surface area contributed by atoms with E-state index in [1.165, 1.54) is 32.4 Å². The van der Waals surface area contributed by atoms with Crippen molar-refractivity contribution < 1.29 is 53.1 Å². The van der Waals surface area contributed by atoms with Crippen molar-refractivity contribution in [2.45, 2.75) is 194 Å². The Labute approximate surface area is 547 Å². The smallest absolute Gasteiger partial charge is 0.252 e. The van der Waals surface area contributed by atoms with Crippen LogP contribution in [0.2, 0.25) is 0 Å². The minimum Gasteiger partial charge on any atom is -0.382 e. The lowest BCUT2D eigenvalue weighted by Crippen LogP contribution is -2.61. The summed E-state index contributed by atoms with van der Waals surface area (Å²) in [6.07, 6.45) is 5.74. The number of aliphatic hydroxyl groups is 2. The highest BCUT2D eigenvalue weighted by molar-refractivity contribution is 8.02. The van der Waals surface area contributed by atoms with E-state index in [-0.39, 0.29) is 41.2 Å². The van der Waals surface area contributed by atoms with Crippen molar-refractivity contribution in [1.82, 2.24) is 68.4 Å². The molecule has 10 unspecified atom stereocenters. The third-order valence-electron chi connectivity index (χ3n) is 14.0. The number of aryl methyl sites for hydroxylation is 2. The van der Waals surface area contributed by atoms with E-state index in [1.54, 1.807) is 75.2 Å². The van der Waals surface area contributed by atoms with Crippen LogP contribution in [0.5, 0.6) is 0 Å². The summed E-state index contributed by atoms with van der Waals surface area (Å²) >= 11 is 31.6. The molecule has 0 bridgehead atoms. The molecule has 2 heterocycles. The van der Waals surface area contributed by atoms with Crippen LogP contribution in [0, 0.1) is 17.8 Å². The second-order valence-corrected chi connectivity index (χ2v) is 27.1. The Morgan fingerprint density at radius 1 is 0.770 bits per heavy atom. The first-order valence-electron chi connectivity index (χ1n) is 28.8. The molecular weight excluding hydrogens is 1250 g/mol. The van der Waals surface area contributed by atoms with Gasteiger partial charge in [0.1, 0.15) is 59.9 Å². The summed E-state index contributed by atoms with van der Waals surface area (Å²) in [7, 11) is 3.39. The second-order valence-electron chi connectivity index (χ2n) is 23.0. The number of Topliss-reactive ketones (excluding diaryl/α,β-unsaturated/α-hetero) is 1. The fraction of sp³-hybridized carbons (Fsp3) is 0.679. The third-order valence-corrected chi connectivity index (χ3v) is 17.7. The van der Waals surface area contributed by atoms with E-state index in [0.717, 1.165) is 17.5 Å². The number of rotatable bonds is 26. The molecule has 14 atom stereocenters. The van der Waals surface area contributed by atoms with Crippen molar-refractivity contribution in [1.29, 1.82) is 0 Å². The summed E-state index contributed by atoms with van der Waals surface area (Å²) in [6, 6.07) is -10.1. The lowest BCUT2D eigenvalue weighted by atomic mass is 9.96. The molecule has 24 nitrogen and oxygen atoms in total. The number of aliphatic hydroxyl groups excluding tert-OH is 1. The number of aromatic nitrogens is 2. The van der Waals surface area contributed by atoms with Gasteiger partial charge in [0.05, 0.1) is 69.2 Å². The van der Waals surface area contributed by atoms with Crippen molar-refractivity contribution >= 4 is 157 Å². The van der Waals surface area contributed by atoms with Gasteiger partial charge in [-0.05, 0) is 96.5 Å². The first-order valence-corrected chi connectivity index (χ1v) is 33.3. The van der Waals surface area contributed by atoms with E-state index < -0.39 is 125 Å². The van der Waals surface area contributed by atoms with Gasteiger partial charge in [0.2, 0.25) is 41.8 Å². The number of imidazole rings is 1. The van der Waals surface area contributed by atoms with E-state index in [4.69, 9.17) is 61.1 Å². The number of nitrogens with zero attached hydrogens (tertiary/aromatic N) is 2. The first kappa shape index (κ1) is 78.1. The fourth-order valence-corrected chi connectivity index (χ4v) is 11.3. The van der Waals surface area contributed by atoms with Gasteiger partial charge in [-0.25, -0.2) is 9.13 Å². The zero-order valence-electron chi connectivity index (χ0n) is 52.6. The van der Waals surface area contributed by atoms with Gasteiger partial charge in [0.15, 0.2) is 5.69 Å². The number of nitrogens with one attached hydrogen (secondary N) is 12. The zero-order chi connectivity index (χ0) is 66.4. The number of amides is 7. The predicted octanol–water partition coefficient (Wildman–Crippen LogP) is 0.885. The standard InChI is InChI=1S/C56H92N14O10S7/c1-17-29(6)41-49(78)58-31(8)44(73)63-37(22-27(2)3)46(75)67-42(43(72)39-24-69(14)26-70(39)15)48(77)57-19-21-87-25-38(47(76)66-41)64-45(74)32(9)59-50(81)33(10)60-51(82)34(11)61-52(83)35(12)62-53(84)36(18-20-86-16)65-54(85)40(28(4)5)68-55(79)56(13,80)23-30(7)71/h19,21,24,26-29,31-38,40-43,72,80H,17-18,20,22-23,25H2,1-16H3,(H11-,57,58,59,60,61,62,63,64,65,66,67,68,73,74,75,76,77,78,79,81,82,83,84,85)/p+1/b21-19-/t29?,31?,32?,33?,34?,35?,36-,37-,38?,40-,41-,42?,43?,56?/m0/s1. The molecule has 1 aliphatic rings. The summed E-state index contributed by atoms with van der Waals surface area (Å²) in [6.45, 7) is 21.9. The molecule has 0 saturated carbocycles. The fourth-order valence-electron chi connectivity index (χ4n) is 8.63. The number of carbonyl (C=O) groups excluding carboxylic acids is 8. The number of thioether (sulfide) groups is 2. The summed E-state index contributed by atoms with van der Waals surface area (Å²) in [5, 5.41) is 58.7. The normalized spacial score (nSPS) is 22.0. The summed E-state index contributed by atoms with van der Waals surface area (Å²) in [4.78, 5) is 110. The van der Waals surface area contributed by atoms with E-state index in [1.807, 2.05) is 47.8 Å². The van der Waals surface area contributed by atoms with Crippen molar-refractivity contribution in [3.05, 3.63) is 29.8 Å². The molecule has 0 aliphatic carbocycles. The van der Waals surface area contributed by atoms with Gasteiger partial charge in [-0.15, -0.1) is 11.8 Å². The van der Waals surface area contributed by atoms with Crippen molar-refractivity contribution in [2.24, 2.45) is 31.8 Å². The summed E-state index contributed by atoms with van der Waals surface area (Å²) in [5.41, 5.74) is -1.62. The molecule has 1 aromatic rings. The van der Waals surface area contributed by atoms with Crippen molar-refractivity contribution in [3.8, 4) is 0 Å². The summed E-state index contributed by atoms with van der Waals surface area (Å²) in [5.74, 6) is -5.48. The number of carbonyl (C=O) groups is 8. The average Bonchev–Trinajstić information content (AvgIpc) is 2.68. The van der Waals surface area contributed by atoms with Crippen molar-refractivity contribution in [2.75, 3.05) is 17.8 Å². The van der Waals surface area contributed by atoms with Crippen LogP contribution in [0.1, 0.15) is 127 Å². The van der Waals surface area contributed by atoms with Gasteiger partial charge in [0, 0.05) is 18.4 Å². The van der Waals surface area contributed by atoms with E-state index >= 15 is 0 Å².